The van der Waals surface area contributed by atoms with Gasteiger partial charge in [0.15, 0.2) is 0 Å². The fourth-order valence-electron chi connectivity index (χ4n) is 2.68. The van der Waals surface area contributed by atoms with Crippen LogP contribution in [0.15, 0.2) is 23.1 Å². The molecule has 1 aromatic rings. The predicted octanol–water partition coefficient (Wildman–Crippen LogP) is 3.40. The Morgan fingerprint density at radius 3 is 2.91 bits per heavy atom. The van der Waals surface area contributed by atoms with E-state index in [0.717, 1.165) is 10.6 Å². The molecule has 22 heavy (non-hydrogen) atoms. The molecule has 118 valence electrons. The minimum absolute atomic E-state index is 0.0319. The van der Waals surface area contributed by atoms with E-state index >= 15 is 0 Å². The molecule has 1 fully saturated rings. The van der Waals surface area contributed by atoms with Crippen molar-refractivity contribution in [2.24, 2.45) is 5.92 Å². The summed E-state index contributed by atoms with van der Waals surface area (Å²) in [5.41, 5.74) is 0.728. The molecular formula is C16H19ClN2O2S. The Labute approximate surface area is 139 Å². The summed E-state index contributed by atoms with van der Waals surface area (Å²) in [6.45, 7) is 2.08. The first kappa shape index (κ1) is 15.7. The molecule has 6 heteroatoms. The molecule has 1 saturated carbocycles. The number of halogens is 1. The van der Waals surface area contributed by atoms with E-state index < -0.39 is 0 Å². The molecule has 1 aliphatic heterocycles. The average molecular weight is 339 g/mol. The predicted molar refractivity (Wildman–Crippen MR) is 89.3 cm³/mol. The number of thioether (sulfide) groups is 1. The summed E-state index contributed by atoms with van der Waals surface area (Å²) in [7, 11) is 1.84. The molecule has 1 N–H and O–H groups in total. The number of amides is 2. The zero-order valence-corrected chi connectivity index (χ0v) is 14.2. The number of nitrogens with one attached hydrogen (secondary N) is 1. The first-order valence-corrected chi connectivity index (χ1v) is 8.74. The minimum atomic E-state index is -0.380. The quantitative estimate of drug-likeness (QED) is 0.915. The van der Waals surface area contributed by atoms with Crippen LogP contribution in [-0.4, -0.2) is 35.1 Å². The highest BCUT2D eigenvalue weighted by Crippen LogP contribution is 2.39. The van der Waals surface area contributed by atoms with Crippen molar-refractivity contribution in [1.29, 1.82) is 0 Å². The van der Waals surface area contributed by atoms with E-state index in [1.807, 2.05) is 13.1 Å². The fourth-order valence-corrected chi connectivity index (χ4v) is 3.94. The molecule has 0 radical (unpaired) electrons. The molecule has 1 heterocycles. The number of rotatable bonds is 4. The van der Waals surface area contributed by atoms with Gasteiger partial charge in [0.1, 0.15) is 0 Å². The third kappa shape index (κ3) is 3.25. The van der Waals surface area contributed by atoms with Gasteiger partial charge in [-0.2, -0.15) is 0 Å². The molecule has 0 aromatic heterocycles. The number of benzene rings is 1. The van der Waals surface area contributed by atoms with Crippen LogP contribution in [0.25, 0.3) is 0 Å². The Morgan fingerprint density at radius 1 is 1.50 bits per heavy atom. The van der Waals surface area contributed by atoms with Crippen molar-refractivity contribution < 1.29 is 9.59 Å². The lowest BCUT2D eigenvalue weighted by atomic mass is 10.1. The van der Waals surface area contributed by atoms with E-state index in [1.165, 1.54) is 24.6 Å². The fraction of sp³-hybridized carbons (Fsp3) is 0.500. The van der Waals surface area contributed by atoms with Gasteiger partial charge < -0.3 is 10.2 Å². The van der Waals surface area contributed by atoms with Gasteiger partial charge in [0.2, 0.25) is 11.8 Å². The van der Waals surface area contributed by atoms with Crippen LogP contribution in [0, 0.1) is 5.92 Å². The van der Waals surface area contributed by atoms with Gasteiger partial charge in [0, 0.05) is 29.4 Å². The minimum Gasteiger partial charge on any atom is -0.343 e. The standard InChI is InChI=1S/C16H19ClN2O2S/c1-9(10-3-4-10)19(2)15(20)8-14-16(21)18-12-7-11(17)5-6-13(12)22-14/h5-7,9-10,14H,3-4,8H2,1-2H3,(H,18,21). The van der Waals surface area contributed by atoms with Crippen LogP contribution in [0.4, 0.5) is 5.69 Å². The second-order valence-corrected chi connectivity index (χ2v) is 7.70. The molecule has 1 aromatic carbocycles. The number of carbonyl (C=O) groups excluding carboxylic acids is 2. The highest BCUT2D eigenvalue weighted by atomic mass is 35.5. The van der Waals surface area contributed by atoms with Crippen molar-refractivity contribution >= 4 is 40.9 Å². The lowest BCUT2D eigenvalue weighted by Crippen LogP contribution is -2.40. The number of anilines is 1. The summed E-state index contributed by atoms with van der Waals surface area (Å²) in [4.78, 5) is 27.4. The molecule has 0 spiro atoms. The van der Waals surface area contributed by atoms with Crippen LogP contribution in [0.2, 0.25) is 5.02 Å². The molecule has 2 atom stereocenters. The monoisotopic (exact) mass is 338 g/mol. The van der Waals surface area contributed by atoms with Crippen molar-refractivity contribution in [3.63, 3.8) is 0 Å². The highest BCUT2D eigenvalue weighted by molar-refractivity contribution is 8.01. The second kappa shape index (κ2) is 6.13. The Balaban J connectivity index is 1.66. The molecule has 2 unspecified atom stereocenters. The van der Waals surface area contributed by atoms with E-state index in [4.69, 9.17) is 11.6 Å². The van der Waals surface area contributed by atoms with Gasteiger partial charge in [-0.3, -0.25) is 9.59 Å². The number of hydrogen-bond acceptors (Lipinski definition) is 3. The van der Waals surface area contributed by atoms with Gasteiger partial charge in [-0.1, -0.05) is 11.6 Å². The largest absolute Gasteiger partial charge is 0.343 e. The van der Waals surface area contributed by atoms with Crippen molar-refractivity contribution in [3.8, 4) is 0 Å². The van der Waals surface area contributed by atoms with E-state index in [1.54, 1.807) is 17.0 Å². The third-order valence-electron chi connectivity index (χ3n) is 4.43. The molecule has 1 aliphatic carbocycles. The first-order chi connectivity index (χ1) is 10.5. The number of fused-ring (bicyclic) bond motifs is 1. The Morgan fingerprint density at radius 2 is 2.23 bits per heavy atom. The number of hydrogen-bond donors (Lipinski definition) is 1. The van der Waals surface area contributed by atoms with E-state index in [0.29, 0.717) is 10.9 Å². The van der Waals surface area contributed by atoms with Crippen LogP contribution < -0.4 is 5.32 Å². The number of nitrogens with zero attached hydrogens (tertiary/aromatic N) is 1. The zero-order chi connectivity index (χ0) is 15.9. The summed E-state index contributed by atoms with van der Waals surface area (Å²) in [5, 5.41) is 3.05. The van der Waals surface area contributed by atoms with Crippen molar-refractivity contribution in [1.82, 2.24) is 4.90 Å². The molecule has 0 bridgehead atoms. The zero-order valence-electron chi connectivity index (χ0n) is 12.6. The smallest absolute Gasteiger partial charge is 0.238 e. The van der Waals surface area contributed by atoms with E-state index in [2.05, 4.69) is 12.2 Å². The SMILES string of the molecule is CC(C1CC1)N(C)C(=O)CC1Sc2ccc(Cl)cc2NC1=O. The van der Waals surface area contributed by atoms with Gasteiger partial charge in [0.05, 0.1) is 10.9 Å². The van der Waals surface area contributed by atoms with Crippen molar-refractivity contribution in [3.05, 3.63) is 23.2 Å². The number of carbonyl (C=O) groups is 2. The van der Waals surface area contributed by atoms with Crippen molar-refractivity contribution in [2.45, 2.75) is 42.4 Å². The summed E-state index contributed by atoms with van der Waals surface area (Å²) in [5.74, 6) is 0.537. The first-order valence-electron chi connectivity index (χ1n) is 7.48. The average Bonchev–Trinajstić information content (AvgIpc) is 3.31. The summed E-state index contributed by atoms with van der Waals surface area (Å²) in [6.07, 6.45) is 2.63. The maximum Gasteiger partial charge on any atom is 0.238 e. The molecule has 2 aliphatic rings. The van der Waals surface area contributed by atoms with Gasteiger partial charge >= 0.3 is 0 Å². The molecule has 3 rings (SSSR count). The van der Waals surface area contributed by atoms with Crippen LogP contribution in [0.5, 0.6) is 0 Å². The van der Waals surface area contributed by atoms with Crippen LogP contribution in [-0.2, 0) is 9.59 Å². The summed E-state index contributed by atoms with van der Waals surface area (Å²) >= 11 is 7.37. The van der Waals surface area contributed by atoms with Gasteiger partial charge in [-0.25, -0.2) is 0 Å². The Kier molecular flexibility index (Phi) is 4.37. The van der Waals surface area contributed by atoms with Crippen LogP contribution in [0.1, 0.15) is 26.2 Å². The van der Waals surface area contributed by atoms with Gasteiger partial charge in [0.25, 0.3) is 0 Å². The van der Waals surface area contributed by atoms with Gasteiger partial charge in [-0.05, 0) is 43.9 Å². The van der Waals surface area contributed by atoms with Crippen molar-refractivity contribution in [2.75, 3.05) is 12.4 Å². The maximum absolute atomic E-state index is 12.4. The summed E-state index contributed by atoms with van der Waals surface area (Å²) in [6, 6.07) is 5.68. The Hall–Kier alpha value is -1.20. The lowest BCUT2D eigenvalue weighted by molar-refractivity contribution is -0.133. The molecule has 4 nitrogen and oxygen atoms in total. The maximum atomic E-state index is 12.4. The molecule has 0 saturated heterocycles. The highest BCUT2D eigenvalue weighted by Gasteiger charge is 2.35. The van der Waals surface area contributed by atoms with E-state index in [9.17, 15) is 9.59 Å². The normalized spacial score (nSPS) is 21.8. The van der Waals surface area contributed by atoms with Crippen LogP contribution in [0.3, 0.4) is 0 Å². The third-order valence-corrected chi connectivity index (χ3v) is 5.94. The van der Waals surface area contributed by atoms with Gasteiger partial charge in [-0.15, -0.1) is 11.8 Å². The molecule has 2 amide bonds. The summed E-state index contributed by atoms with van der Waals surface area (Å²) < 4.78 is 0. The lowest BCUT2D eigenvalue weighted by Gasteiger charge is -2.28. The van der Waals surface area contributed by atoms with E-state index in [-0.39, 0.29) is 29.5 Å². The molecular weight excluding hydrogens is 320 g/mol. The second-order valence-electron chi connectivity index (χ2n) is 6.02. The van der Waals surface area contributed by atoms with Crippen LogP contribution >= 0.6 is 23.4 Å². The Bertz CT molecular complexity index is 618. The topological polar surface area (TPSA) is 49.4 Å².